The Balaban J connectivity index is 1.32. The Morgan fingerprint density at radius 2 is 1.52 bits per heavy atom. The van der Waals surface area contributed by atoms with Crippen LogP contribution in [0.5, 0.6) is 0 Å². The van der Waals surface area contributed by atoms with Crippen LogP contribution in [0.3, 0.4) is 0 Å². The highest BCUT2D eigenvalue weighted by molar-refractivity contribution is 7.89. The molecule has 0 N–H and O–H groups in total. The van der Waals surface area contributed by atoms with Crippen LogP contribution >= 0.6 is 11.6 Å². The van der Waals surface area contributed by atoms with Gasteiger partial charge in [0.25, 0.3) is 5.56 Å². The summed E-state index contributed by atoms with van der Waals surface area (Å²) in [7, 11) is -3.54. The minimum atomic E-state index is -3.54. The summed E-state index contributed by atoms with van der Waals surface area (Å²) in [5, 5.41) is 5.09. The fourth-order valence-electron chi connectivity index (χ4n) is 4.51. The summed E-state index contributed by atoms with van der Waals surface area (Å²) in [4.78, 5) is 14.7. The first-order valence-corrected chi connectivity index (χ1v) is 13.0. The average molecular weight is 485 g/mol. The molecule has 2 heterocycles. The van der Waals surface area contributed by atoms with Crippen molar-refractivity contribution < 1.29 is 8.42 Å². The van der Waals surface area contributed by atoms with E-state index in [0.29, 0.717) is 47.6 Å². The Morgan fingerprint density at radius 3 is 2.24 bits per heavy atom. The molecule has 9 heteroatoms. The number of halogens is 1. The first kappa shape index (κ1) is 22.1. The van der Waals surface area contributed by atoms with Crippen LogP contribution in [0.25, 0.3) is 5.69 Å². The van der Waals surface area contributed by atoms with E-state index in [1.165, 1.54) is 22.7 Å². The lowest BCUT2D eigenvalue weighted by Gasteiger charge is -2.34. The van der Waals surface area contributed by atoms with Crippen molar-refractivity contribution in [2.24, 2.45) is 0 Å². The van der Waals surface area contributed by atoms with Gasteiger partial charge < -0.3 is 4.90 Å². The van der Waals surface area contributed by atoms with Crippen molar-refractivity contribution in [3.8, 4) is 5.69 Å². The maximum atomic E-state index is 13.3. The van der Waals surface area contributed by atoms with E-state index in [0.717, 1.165) is 24.8 Å². The highest BCUT2D eigenvalue weighted by Crippen LogP contribution is 2.26. The van der Waals surface area contributed by atoms with E-state index in [1.807, 2.05) is 17.0 Å². The number of hydrogen-bond acceptors (Lipinski definition) is 5. The Hall–Kier alpha value is -2.68. The summed E-state index contributed by atoms with van der Waals surface area (Å²) in [5.41, 5.74) is 2.82. The van der Waals surface area contributed by atoms with Crippen LogP contribution in [-0.2, 0) is 22.9 Å². The SMILES string of the molecule is O=c1ccc(N2CCN(S(=O)(=O)c3ccc4c(c3)CCCC4)CC2)nn1-c1ccc(Cl)cc1. The van der Waals surface area contributed by atoms with E-state index in [1.54, 1.807) is 40.7 Å². The first-order chi connectivity index (χ1) is 15.9. The van der Waals surface area contributed by atoms with Crippen LogP contribution < -0.4 is 10.5 Å². The van der Waals surface area contributed by atoms with E-state index in [-0.39, 0.29) is 5.56 Å². The van der Waals surface area contributed by atoms with E-state index in [4.69, 9.17) is 11.6 Å². The molecular formula is C24H25ClN4O3S. The van der Waals surface area contributed by atoms with Crippen molar-refractivity contribution in [2.75, 3.05) is 31.1 Å². The van der Waals surface area contributed by atoms with E-state index in [2.05, 4.69) is 5.10 Å². The van der Waals surface area contributed by atoms with Gasteiger partial charge in [0, 0.05) is 37.3 Å². The molecule has 33 heavy (non-hydrogen) atoms. The van der Waals surface area contributed by atoms with Gasteiger partial charge in [-0.3, -0.25) is 4.79 Å². The molecule has 0 atom stereocenters. The number of piperazine rings is 1. The molecule has 3 aromatic rings. The third-order valence-corrected chi connectivity index (χ3v) is 8.52. The molecule has 0 bridgehead atoms. The van der Waals surface area contributed by atoms with Crippen LogP contribution in [0.4, 0.5) is 5.82 Å². The number of aryl methyl sites for hydroxylation is 2. The number of hydrogen-bond donors (Lipinski definition) is 0. The average Bonchev–Trinajstić information content (AvgIpc) is 2.85. The third kappa shape index (κ3) is 4.43. The summed E-state index contributed by atoms with van der Waals surface area (Å²) in [5.74, 6) is 0.635. The Morgan fingerprint density at radius 1 is 0.818 bits per heavy atom. The zero-order valence-electron chi connectivity index (χ0n) is 18.2. The van der Waals surface area contributed by atoms with Gasteiger partial charge in [-0.05, 0) is 79.3 Å². The molecule has 1 saturated heterocycles. The standard InChI is InChI=1S/C24H25ClN4O3S/c25-20-6-8-21(9-7-20)29-24(30)12-11-23(26-29)27-13-15-28(16-14-27)33(31,32)22-10-5-18-3-1-2-4-19(18)17-22/h5-12,17H,1-4,13-16H2. The highest BCUT2D eigenvalue weighted by atomic mass is 35.5. The Bertz CT molecular complexity index is 1330. The third-order valence-electron chi connectivity index (χ3n) is 6.38. The lowest BCUT2D eigenvalue weighted by atomic mass is 9.92. The number of benzene rings is 2. The normalized spacial score (nSPS) is 17.1. The van der Waals surface area contributed by atoms with Crippen molar-refractivity contribution in [1.29, 1.82) is 0 Å². The van der Waals surface area contributed by atoms with Gasteiger partial charge in [0.15, 0.2) is 0 Å². The van der Waals surface area contributed by atoms with Crippen LogP contribution in [-0.4, -0.2) is 48.7 Å². The molecule has 5 rings (SSSR count). The summed E-state index contributed by atoms with van der Waals surface area (Å²) in [6.07, 6.45) is 4.25. The van der Waals surface area contributed by atoms with Gasteiger partial charge in [-0.25, -0.2) is 8.42 Å². The number of fused-ring (bicyclic) bond motifs is 1. The van der Waals surface area contributed by atoms with Gasteiger partial charge in [-0.15, -0.1) is 5.10 Å². The monoisotopic (exact) mass is 484 g/mol. The summed E-state index contributed by atoms with van der Waals surface area (Å²) in [6.45, 7) is 1.72. The lowest BCUT2D eigenvalue weighted by molar-refractivity contribution is 0.383. The predicted molar refractivity (Wildman–Crippen MR) is 129 cm³/mol. The molecule has 1 aromatic heterocycles. The van der Waals surface area contributed by atoms with Crippen LogP contribution in [0, 0.1) is 0 Å². The molecule has 0 unspecified atom stereocenters. The van der Waals surface area contributed by atoms with Crippen molar-refractivity contribution in [3.05, 3.63) is 81.1 Å². The fourth-order valence-corrected chi connectivity index (χ4v) is 6.11. The second-order valence-electron chi connectivity index (χ2n) is 8.45. The van der Waals surface area contributed by atoms with Crippen molar-refractivity contribution >= 4 is 27.4 Å². The van der Waals surface area contributed by atoms with E-state index < -0.39 is 10.0 Å². The lowest BCUT2D eigenvalue weighted by Crippen LogP contribution is -2.49. The smallest absolute Gasteiger partial charge is 0.271 e. The number of nitrogens with zero attached hydrogens (tertiary/aromatic N) is 4. The van der Waals surface area contributed by atoms with Crippen molar-refractivity contribution in [3.63, 3.8) is 0 Å². The van der Waals surface area contributed by atoms with Crippen LogP contribution in [0.1, 0.15) is 24.0 Å². The molecule has 1 fully saturated rings. The molecule has 7 nitrogen and oxygen atoms in total. The minimum absolute atomic E-state index is 0.241. The van der Waals surface area contributed by atoms with E-state index >= 15 is 0 Å². The molecule has 2 aromatic carbocycles. The van der Waals surface area contributed by atoms with Crippen LogP contribution in [0.15, 0.2) is 64.3 Å². The van der Waals surface area contributed by atoms with Crippen molar-refractivity contribution in [2.45, 2.75) is 30.6 Å². The van der Waals surface area contributed by atoms with Gasteiger partial charge in [-0.1, -0.05) is 17.7 Å². The first-order valence-electron chi connectivity index (χ1n) is 11.1. The minimum Gasteiger partial charge on any atom is -0.353 e. The summed E-state index contributed by atoms with van der Waals surface area (Å²) >= 11 is 5.95. The molecular weight excluding hydrogens is 460 g/mol. The summed E-state index contributed by atoms with van der Waals surface area (Å²) in [6, 6.07) is 15.6. The molecule has 0 saturated carbocycles. The molecule has 0 amide bonds. The Labute approximate surface area is 198 Å². The second-order valence-corrected chi connectivity index (χ2v) is 10.8. The van der Waals surface area contributed by atoms with Gasteiger partial charge in [-0.2, -0.15) is 8.99 Å². The van der Waals surface area contributed by atoms with Gasteiger partial charge in [0.2, 0.25) is 10.0 Å². The maximum absolute atomic E-state index is 13.3. The molecule has 1 aliphatic heterocycles. The topological polar surface area (TPSA) is 75.5 Å². The van der Waals surface area contributed by atoms with E-state index in [9.17, 15) is 13.2 Å². The number of sulfonamides is 1. The number of anilines is 1. The van der Waals surface area contributed by atoms with Crippen molar-refractivity contribution in [1.82, 2.24) is 14.1 Å². The number of rotatable bonds is 4. The molecule has 2 aliphatic rings. The largest absolute Gasteiger partial charge is 0.353 e. The Kier molecular flexibility index (Phi) is 5.99. The molecule has 1 aliphatic carbocycles. The fraction of sp³-hybridized carbons (Fsp3) is 0.333. The second kappa shape index (κ2) is 8.93. The van der Waals surface area contributed by atoms with Gasteiger partial charge in [0.05, 0.1) is 10.6 Å². The molecule has 0 radical (unpaired) electrons. The van der Waals surface area contributed by atoms with Crippen LogP contribution in [0.2, 0.25) is 5.02 Å². The predicted octanol–water partition coefficient (Wildman–Crippen LogP) is 3.28. The van der Waals surface area contributed by atoms with Gasteiger partial charge in [0.1, 0.15) is 5.82 Å². The maximum Gasteiger partial charge on any atom is 0.271 e. The number of aromatic nitrogens is 2. The highest BCUT2D eigenvalue weighted by Gasteiger charge is 2.30. The molecule has 0 spiro atoms. The zero-order chi connectivity index (χ0) is 23.0. The summed E-state index contributed by atoms with van der Waals surface area (Å²) < 4.78 is 29.4. The van der Waals surface area contributed by atoms with Gasteiger partial charge >= 0.3 is 0 Å². The molecule has 172 valence electrons. The zero-order valence-corrected chi connectivity index (χ0v) is 19.7. The quantitative estimate of drug-likeness (QED) is 0.568.